The second-order valence-corrected chi connectivity index (χ2v) is 8.67. The summed E-state index contributed by atoms with van der Waals surface area (Å²) >= 11 is 0. The van der Waals surface area contributed by atoms with E-state index in [0.717, 1.165) is 5.56 Å². The molecular weight excluding hydrogens is 402 g/mol. The molecule has 0 amide bonds. The van der Waals surface area contributed by atoms with E-state index in [4.69, 9.17) is 9.15 Å². The summed E-state index contributed by atoms with van der Waals surface area (Å²) in [5.74, 6) is 1.00. The van der Waals surface area contributed by atoms with Crippen LogP contribution in [0.4, 0.5) is 5.88 Å². The van der Waals surface area contributed by atoms with Gasteiger partial charge in [-0.1, -0.05) is 36.4 Å². The van der Waals surface area contributed by atoms with Gasteiger partial charge in [-0.3, -0.25) is 0 Å². The maximum absolute atomic E-state index is 13.1. The highest BCUT2D eigenvalue weighted by molar-refractivity contribution is 7.91. The standard InChI is InChI=1S/C22H25N3O4S/c1-25(2)16-15-23-21-22(30(26,27)18-10-5-4-6-11-18)24-20(29-21)14-13-17-9-7-8-12-19(17)28-3/h4-14,23H,15-16H2,1-3H3/b14-13+. The molecule has 0 atom stereocenters. The first-order valence-corrected chi connectivity index (χ1v) is 10.9. The van der Waals surface area contributed by atoms with Crippen molar-refractivity contribution >= 4 is 27.9 Å². The lowest BCUT2D eigenvalue weighted by Crippen LogP contribution is -2.21. The molecule has 0 saturated carbocycles. The number of rotatable bonds is 9. The molecule has 2 aromatic carbocycles. The summed E-state index contributed by atoms with van der Waals surface area (Å²) in [5, 5.41) is 2.92. The van der Waals surface area contributed by atoms with E-state index in [1.165, 1.54) is 12.1 Å². The molecule has 0 aliphatic rings. The molecule has 1 aromatic heterocycles. The predicted molar refractivity (Wildman–Crippen MR) is 117 cm³/mol. The van der Waals surface area contributed by atoms with Gasteiger partial charge in [-0.15, -0.1) is 0 Å². The Morgan fingerprint density at radius 1 is 1.07 bits per heavy atom. The molecule has 8 heteroatoms. The molecule has 0 aliphatic heterocycles. The topological polar surface area (TPSA) is 84.7 Å². The molecule has 1 heterocycles. The number of nitrogens with one attached hydrogen (secondary N) is 1. The van der Waals surface area contributed by atoms with Crippen molar-refractivity contribution in [1.82, 2.24) is 9.88 Å². The number of likely N-dealkylation sites (N-methyl/N-ethyl adjacent to an activating group) is 1. The van der Waals surface area contributed by atoms with Gasteiger partial charge >= 0.3 is 0 Å². The number of aromatic nitrogens is 1. The zero-order chi connectivity index (χ0) is 21.6. The second-order valence-electron chi connectivity index (χ2n) is 6.81. The average Bonchev–Trinajstić information content (AvgIpc) is 3.16. The van der Waals surface area contributed by atoms with Crippen molar-refractivity contribution < 1.29 is 17.6 Å². The summed E-state index contributed by atoms with van der Waals surface area (Å²) in [6.07, 6.45) is 3.40. The van der Waals surface area contributed by atoms with Crippen LogP contribution in [0.2, 0.25) is 0 Å². The Bertz CT molecular complexity index is 1110. The number of sulfone groups is 1. The van der Waals surface area contributed by atoms with Crippen LogP contribution in [0.3, 0.4) is 0 Å². The average molecular weight is 428 g/mol. The Hall–Kier alpha value is -3.10. The van der Waals surface area contributed by atoms with Crippen molar-refractivity contribution in [3.8, 4) is 5.75 Å². The fourth-order valence-corrected chi connectivity index (χ4v) is 4.06. The lowest BCUT2D eigenvalue weighted by atomic mass is 10.2. The second kappa shape index (κ2) is 9.60. The van der Waals surface area contributed by atoms with Gasteiger partial charge < -0.3 is 19.4 Å². The van der Waals surface area contributed by atoms with E-state index in [1.807, 2.05) is 43.3 Å². The van der Waals surface area contributed by atoms with Crippen molar-refractivity contribution in [1.29, 1.82) is 0 Å². The van der Waals surface area contributed by atoms with Gasteiger partial charge in [0.1, 0.15) is 5.75 Å². The molecule has 30 heavy (non-hydrogen) atoms. The van der Waals surface area contributed by atoms with Gasteiger partial charge in [-0.25, -0.2) is 8.42 Å². The predicted octanol–water partition coefficient (Wildman–Crippen LogP) is 3.66. The number of methoxy groups -OCH3 is 1. The summed E-state index contributed by atoms with van der Waals surface area (Å²) < 4.78 is 37.3. The molecule has 158 valence electrons. The first-order valence-electron chi connectivity index (χ1n) is 9.42. The summed E-state index contributed by atoms with van der Waals surface area (Å²) in [4.78, 5) is 6.41. The maximum atomic E-state index is 13.1. The third-order valence-electron chi connectivity index (χ3n) is 4.31. The summed E-state index contributed by atoms with van der Waals surface area (Å²) in [6.45, 7) is 1.22. The van der Waals surface area contributed by atoms with Crippen molar-refractivity contribution in [2.75, 3.05) is 39.6 Å². The SMILES string of the molecule is COc1ccccc1/C=C/c1nc(S(=O)(=O)c2ccccc2)c(NCCN(C)C)o1. The quantitative estimate of drug-likeness (QED) is 0.558. The van der Waals surface area contributed by atoms with E-state index >= 15 is 0 Å². The van der Waals surface area contributed by atoms with Gasteiger partial charge in [0.2, 0.25) is 26.6 Å². The fraction of sp³-hybridized carbons (Fsp3) is 0.227. The molecule has 0 radical (unpaired) electrons. The van der Waals surface area contributed by atoms with Crippen molar-refractivity contribution in [2.45, 2.75) is 9.92 Å². The van der Waals surface area contributed by atoms with Crippen LogP contribution in [0.5, 0.6) is 5.75 Å². The first kappa shape index (κ1) is 21.6. The number of para-hydroxylation sites is 1. The minimum absolute atomic E-state index is 0.125. The lowest BCUT2D eigenvalue weighted by Gasteiger charge is -2.10. The van der Waals surface area contributed by atoms with E-state index in [1.54, 1.807) is 37.5 Å². The minimum atomic E-state index is -3.83. The molecule has 0 bridgehead atoms. The Morgan fingerprint density at radius 3 is 2.47 bits per heavy atom. The molecule has 0 saturated heterocycles. The zero-order valence-corrected chi connectivity index (χ0v) is 18.0. The highest BCUT2D eigenvalue weighted by atomic mass is 32.2. The van der Waals surface area contributed by atoms with Crippen LogP contribution in [0.25, 0.3) is 12.2 Å². The molecule has 0 unspecified atom stereocenters. The highest BCUT2D eigenvalue weighted by Gasteiger charge is 2.27. The molecule has 7 nitrogen and oxygen atoms in total. The van der Waals surface area contributed by atoms with Crippen LogP contribution in [0, 0.1) is 0 Å². The Labute approximate surface area is 176 Å². The zero-order valence-electron chi connectivity index (χ0n) is 17.2. The third kappa shape index (κ3) is 5.08. The van der Waals surface area contributed by atoms with Crippen LogP contribution < -0.4 is 10.1 Å². The number of oxazole rings is 1. The van der Waals surface area contributed by atoms with E-state index in [-0.39, 0.29) is 21.7 Å². The van der Waals surface area contributed by atoms with E-state index in [0.29, 0.717) is 18.8 Å². The number of anilines is 1. The Morgan fingerprint density at radius 2 is 1.77 bits per heavy atom. The van der Waals surface area contributed by atoms with Crippen molar-refractivity contribution in [3.63, 3.8) is 0 Å². The van der Waals surface area contributed by atoms with Crippen LogP contribution in [0.15, 0.2) is 68.9 Å². The van der Waals surface area contributed by atoms with Gasteiger partial charge in [0.15, 0.2) is 0 Å². The molecule has 3 rings (SSSR count). The molecule has 0 fully saturated rings. The van der Waals surface area contributed by atoms with Crippen LogP contribution in [-0.2, 0) is 9.84 Å². The molecule has 0 spiro atoms. The minimum Gasteiger partial charge on any atom is -0.496 e. The van der Waals surface area contributed by atoms with Gasteiger partial charge in [-0.05, 0) is 38.4 Å². The first-order chi connectivity index (χ1) is 14.4. The highest BCUT2D eigenvalue weighted by Crippen LogP contribution is 2.29. The molecular formula is C22H25N3O4S. The molecule has 3 aromatic rings. The summed E-state index contributed by atoms with van der Waals surface area (Å²) in [7, 11) is 1.63. The number of hydrogen-bond acceptors (Lipinski definition) is 7. The number of nitrogens with zero attached hydrogens (tertiary/aromatic N) is 2. The Balaban J connectivity index is 1.97. The molecule has 0 aliphatic carbocycles. The van der Waals surface area contributed by atoms with Crippen molar-refractivity contribution in [3.05, 3.63) is 66.1 Å². The maximum Gasteiger partial charge on any atom is 0.233 e. The largest absolute Gasteiger partial charge is 0.496 e. The number of benzene rings is 2. The van der Waals surface area contributed by atoms with Crippen LogP contribution >= 0.6 is 0 Å². The van der Waals surface area contributed by atoms with E-state index in [9.17, 15) is 8.42 Å². The summed E-state index contributed by atoms with van der Waals surface area (Å²) in [6, 6.07) is 15.7. The van der Waals surface area contributed by atoms with E-state index < -0.39 is 9.84 Å². The number of ether oxygens (including phenoxy) is 1. The van der Waals surface area contributed by atoms with Crippen molar-refractivity contribution in [2.24, 2.45) is 0 Å². The monoisotopic (exact) mass is 427 g/mol. The van der Waals surface area contributed by atoms with Gasteiger partial charge in [0, 0.05) is 24.7 Å². The third-order valence-corrected chi connectivity index (χ3v) is 5.99. The van der Waals surface area contributed by atoms with E-state index in [2.05, 4.69) is 10.3 Å². The van der Waals surface area contributed by atoms with Gasteiger partial charge in [0.05, 0.1) is 12.0 Å². The van der Waals surface area contributed by atoms with Crippen LogP contribution in [-0.4, -0.2) is 52.6 Å². The summed E-state index contributed by atoms with van der Waals surface area (Å²) in [5.41, 5.74) is 0.827. The van der Waals surface area contributed by atoms with Crippen LogP contribution in [0.1, 0.15) is 11.5 Å². The Kier molecular flexibility index (Phi) is 6.91. The van der Waals surface area contributed by atoms with Gasteiger partial charge in [-0.2, -0.15) is 4.98 Å². The fourth-order valence-electron chi connectivity index (χ4n) is 2.76. The van der Waals surface area contributed by atoms with Gasteiger partial charge in [0.25, 0.3) is 0 Å². The molecule has 1 N–H and O–H groups in total. The smallest absolute Gasteiger partial charge is 0.233 e. The lowest BCUT2D eigenvalue weighted by molar-refractivity contribution is 0.414. The normalized spacial score (nSPS) is 11.9. The number of hydrogen-bond donors (Lipinski definition) is 1.